The maximum Gasteiger partial charge on any atom is 0.162 e. The molecule has 0 unspecified atom stereocenters. The summed E-state index contributed by atoms with van der Waals surface area (Å²) < 4.78 is 44.1. The van der Waals surface area contributed by atoms with Gasteiger partial charge in [-0.1, -0.05) is 15.9 Å². The molecule has 1 nitrogen and oxygen atoms in total. The third-order valence-corrected chi connectivity index (χ3v) is 2.89. The second-order valence-corrected chi connectivity index (χ2v) is 4.12. The minimum atomic E-state index is -0.991. The van der Waals surface area contributed by atoms with E-state index < -0.39 is 11.6 Å². The highest BCUT2D eigenvalue weighted by Gasteiger charge is 2.08. The van der Waals surface area contributed by atoms with Gasteiger partial charge in [0.1, 0.15) is 17.3 Å². The summed E-state index contributed by atoms with van der Waals surface area (Å²) >= 11 is 3.20. The van der Waals surface area contributed by atoms with Gasteiger partial charge >= 0.3 is 0 Å². The highest BCUT2D eigenvalue weighted by atomic mass is 79.9. The summed E-state index contributed by atoms with van der Waals surface area (Å²) in [5.74, 6) is -1.78. The number of rotatable bonds is 3. The zero-order valence-corrected chi connectivity index (χ0v) is 10.7. The van der Waals surface area contributed by atoms with Gasteiger partial charge in [-0.05, 0) is 30.3 Å². The number of benzene rings is 2. The van der Waals surface area contributed by atoms with Gasteiger partial charge in [-0.15, -0.1) is 0 Å². The van der Waals surface area contributed by atoms with Gasteiger partial charge in [-0.3, -0.25) is 0 Å². The van der Waals surface area contributed by atoms with Crippen molar-refractivity contribution in [1.82, 2.24) is 0 Å². The van der Waals surface area contributed by atoms with Crippen molar-refractivity contribution in [2.24, 2.45) is 0 Å². The molecule has 2 rings (SSSR count). The van der Waals surface area contributed by atoms with Crippen LogP contribution in [0.3, 0.4) is 0 Å². The maximum atomic E-state index is 13.0. The second kappa shape index (κ2) is 5.44. The largest absolute Gasteiger partial charge is 0.457 e. The van der Waals surface area contributed by atoms with Gasteiger partial charge in [0.15, 0.2) is 11.6 Å². The second-order valence-electron chi connectivity index (χ2n) is 3.56. The monoisotopic (exact) mass is 316 g/mol. The van der Waals surface area contributed by atoms with Crippen LogP contribution in [-0.2, 0) is 5.33 Å². The summed E-state index contributed by atoms with van der Waals surface area (Å²) in [7, 11) is 0. The minimum absolute atomic E-state index is 0.155. The van der Waals surface area contributed by atoms with Crippen molar-refractivity contribution in [3.05, 3.63) is 59.4 Å². The van der Waals surface area contributed by atoms with Gasteiger partial charge in [0.05, 0.1) is 0 Å². The fourth-order valence-electron chi connectivity index (χ4n) is 1.42. The van der Waals surface area contributed by atoms with E-state index in [-0.39, 0.29) is 11.6 Å². The third kappa shape index (κ3) is 2.85. The molecule has 0 aromatic heterocycles. The number of hydrogen-bond acceptors (Lipinski definition) is 1. The molecule has 0 N–H and O–H groups in total. The van der Waals surface area contributed by atoms with Crippen molar-refractivity contribution in [3.8, 4) is 11.5 Å². The Bertz CT molecular complexity index is 572. The highest BCUT2D eigenvalue weighted by Crippen LogP contribution is 2.28. The number of halogens is 4. The molecule has 0 saturated carbocycles. The first-order chi connectivity index (χ1) is 8.60. The van der Waals surface area contributed by atoms with Crippen molar-refractivity contribution in [2.75, 3.05) is 0 Å². The number of hydrogen-bond donors (Lipinski definition) is 0. The first-order valence-electron chi connectivity index (χ1n) is 5.07. The smallest absolute Gasteiger partial charge is 0.162 e. The Morgan fingerprint density at radius 2 is 1.72 bits per heavy atom. The molecule has 2 aromatic rings. The Labute approximate surface area is 110 Å². The molecule has 0 aliphatic rings. The SMILES string of the molecule is Fc1ccc(Oc2ccc(F)c(F)c2)c(CBr)c1. The van der Waals surface area contributed by atoms with E-state index in [0.717, 1.165) is 12.1 Å². The highest BCUT2D eigenvalue weighted by molar-refractivity contribution is 9.08. The van der Waals surface area contributed by atoms with Crippen LogP contribution in [0, 0.1) is 17.5 Å². The summed E-state index contributed by atoms with van der Waals surface area (Å²) in [6, 6.07) is 7.21. The van der Waals surface area contributed by atoms with Crippen molar-refractivity contribution < 1.29 is 17.9 Å². The molecular weight excluding hydrogens is 309 g/mol. The summed E-state index contributed by atoms with van der Waals surface area (Å²) in [5, 5.41) is 0.393. The maximum absolute atomic E-state index is 13.0. The van der Waals surface area contributed by atoms with E-state index in [1.807, 2.05) is 0 Å². The summed E-state index contributed by atoms with van der Waals surface area (Å²) in [6.45, 7) is 0. The van der Waals surface area contributed by atoms with Crippen molar-refractivity contribution in [3.63, 3.8) is 0 Å². The van der Waals surface area contributed by atoms with Crippen molar-refractivity contribution >= 4 is 15.9 Å². The molecule has 0 saturated heterocycles. The van der Waals surface area contributed by atoms with Crippen LogP contribution in [0.5, 0.6) is 11.5 Å². The van der Waals surface area contributed by atoms with E-state index in [1.54, 1.807) is 0 Å². The van der Waals surface area contributed by atoms with Crippen LogP contribution < -0.4 is 4.74 Å². The Balaban J connectivity index is 2.30. The summed E-state index contributed by atoms with van der Waals surface area (Å²) in [6.07, 6.45) is 0. The fraction of sp³-hybridized carbons (Fsp3) is 0.0769. The van der Waals surface area contributed by atoms with Gasteiger partial charge in [0.2, 0.25) is 0 Å². The fourth-order valence-corrected chi connectivity index (χ4v) is 1.86. The molecule has 0 radical (unpaired) electrons. The van der Waals surface area contributed by atoms with Crippen LogP contribution in [-0.4, -0.2) is 0 Å². The molecule has 0 atom stereocenters. The average Bonchev–Trinajstić information content (AvgIpc) is 2.36. The zero-order chi connectivity index (χ0) is 13.1. The zero-order valence-electron chi connectivity index (χ0n) is 9.09. The molecule has 0 amide bonds. The van der Waals surface area contributed by atoms with Crippen LogP contribution in [0.25, 0.3) is 0 Å². The van der Waals surface area contributed by atoms with E-state index in [1.165, 1.54) is 24.3 Å². The summed E-state index contributed by atoms with van der Waals surface area (Å²) in [5.41, 5.74) is 0.583. The van der Waals surface area contributed by atoms with Gasteiger partial charge in [0.25, 0.3) is 0 Å². The predicted octanol–water partition coefficient (Wildman–Crippen LogP) is 4.79. The average molecular weight is 317 g/mol. The first kappa shape index (κ1) is 13.0. The van der Waals surface area contributed by atoms with Crippen LogP contribution in [0.1, 0.15) is 5.56 Å². The first-order valence-corrected chi connectivity index (χ1v) is 6.19. The van der Waals surface area contributed by atoms with E-state index in [0.29, 0.717) is 16.6 Å². The van der Waals surface area contributed by atoms with Crippen LogP contribution in [0.15, 0.2) is 36.4 Å². The number of ether oxygens (including phenoxy) is 1. The van der Waals surface area contributed by atoms with Gasteiger partial charge < -0.3 is 4.74 Å². The Morgan fingerprint density at radius 3 is 2.39 bits per heavy atom. The molecule has 94 valence electrons. The van der Waals surface area contributed by atoms with Gasteiger partial charge in [-0.25, -0.2) is 13.2 Å². The lowest BCUT2D eigenvalue weighted by molar-refractivity contribution is 0.457. The Hall–Kier alpha value is -1.49. The molecule has 2 aromatic carbocycles. The summed E-state index contributed by atoms with van der Waals surface area (Å²) in [4.78, 5) is 0. The molecule has 0 aliphatic heterocycles. The molecule has 0 fully saturated rings. The molecule has 18 heavy (non-hydrogen) atoms. The quantitative estimate of drug-likeness (QED) is 0.740. The van der Waals surface area contributed by atoms with Crippen LogP contribution in [0.4, 0.5) is 13.2 Å². The van der Waals surface area contributed by atoms with Crippen LogP contribution in [0.2, 0.25) is 0 Å². The van der Waals surface area contributed by atoms with Gasteiger partial charge in [0, 0.05) is 17.0 Å². The van der Waals surface area contributed by atoms with E-state index >= 15 is 0 Å². The number of alkyl halides is 1. The van der Waals surface area contributed by atoms with E-state index in [4.69, 9.17) is 4.74 Å². The lowest BCUT2D eigenvalue weighted by Crippen LogP contribution is -1.92. The standard InChI is InChI=1S/C13H8BrF3O/c14-7-8-5-9(15)1-4-13(8)18-10-2-3-11(16)12(17)6-10/h1-6H,7H2. The molecule has 0 heterocycles. The molecular formula is C13H8BrF3O. The van der Waals surface area contributed by atoms with Crippen molar-refractivity contribution in [2.45, 2.75) is 5.33 Å². The van der Waals surface area contributed by atoms with E-state index in [2.05, 4.69) is 15.9 Å². The lowest BCUT2D eigenvalue weighted by atomic mass is 10.2. The normalized spacial score (nSPS) is 10.4. The lowest BCUT2D eigenvalue weighted by Gasteiger charge is -2.09. The topological polar surface area (TPSA) is 9.23 Å². The molecule has 0 spiro atoms. The minimum Gasteiger partial charge on any atom is -0.457 e. The Kier molecular flexibility index (Phi) is 3.91. The van der Waals surface area contributed by atoms with Crippen LogP contribution >= 0.6 is 15.9 Å². The third-order valence-electron chi connectivity index (χ3n) is 2.29. The van der Waals surface area contributed by atoms with E-state index in [9.17, 15) is 13.2 Å². The van der Waals surface area contributed by atoms with Crippen molar-refractivity contribution in [1.29, 1.82) is 0 Å². The van der Waals surface area contributed by atoms with Gasteiger partial charge in [-0.2, -0.15) is 0 Å². The Morgan fingerprint density at radius 1 is 0.944 bits per heavy atom. The molecule has 5 heteroatoms. The predicted molar refractivity (Wildman–Crippen MR) is 65.5 cm³/mol. The molecule has 0 bridgehead atoms. The molecule has 0 aliphatic carbocycles.